The Morgan fingerprint density at radius 2 is 1.73 bits per heavy atom. The summed E-state index contributed by atoms with van der Waals surface area (Å²) < 4.78 is 14.5. The van der Waals surface area contributed by atoms with E-state index in [0.717, 1.165) is 22.3 Å². The van der Waals surface area contributed by atoms with Gasteiger partial charge >= 0.3 is 5.97 Å². The van der Waals surface area contributed by atoms with Crippen LogP contribution in [0.1, 0.15) is 59.0 Å². The molecule has 0 radical (unpaired) electrons. The molecule has 0 heterocycles. The van der Waals surface area contributed by atoms with Crippen LogP contribution < -0.4 is 5.73 Å². The lowest BCUT2D eigenvalue weighted by atomic mass is 9.89. The summed E-state index contributed by atoms with van der Waals surface area (Å²) in [6, 6.07) is 7.11. The highest BCUT2D eigenvalue weighted by molar-refractivity contribution is 5.85. The van der Waals surface area contributed by atoms with E-state index in [4.69, 9.17) is 10.8 Å². The van der Waals surface area contributed by atoms with Crippen LogP contribution in [0.2, 0.25) is 0 Å². The first kappa shape index (κ1) is 20.4. The maximum atomic E-state index is 14.5. The van der Waals surface area contributed by atoms with E-state index in [0.29, 0.717) is 11.5 Å². The highest BCUT2D eigenvalue weighted by Gasteiger charge is 2.25. The number of rotatable bonds is 5. The second-order valence-electron chi connectivity index (χ2n) is 7.20. The van der Waals surface area contributed by atoms with Crippen LogP contribution in [0.15, 0.2) is 24.3 Å². The third-order valence-electron chi connectivity index (χ3n) is 4.97. The molecule has 3 rings (SSSR count). The second-order valence-corrected chi connectivity index (χ2v) is 7.20. The van der Waals surface area contributed by atoms with Crippen molar-refractivity contribution in [1.29, 1.82) is 0 Å². The molecule has 5 heteroatoms. The minimum atomic E-state index is -1.03. The van der Waals surface area contributed by atoms with E-state index in [1.54, 1.807) is 13.0 Å². The van der Waals surface area contributed by atoms with E-state index >= 15 is 0 Å². The largest absolute Gasteiger partial charge is 0.481 e. The minimum Gasteiger partial charge on any atom is -0.481 e. The molecule has 3 nitrogen and oxygen atoms in total. The van der Waals surface area contributed by atoms with Gasteiger partial charge < -0.3 is 10.8 Å². The molecule has 0 amide bonds. The smallest absolute Gasteiger partial charge is 0.305 e. The molecule has 0 saturated heterocycles. The molecular formula is C21H25ClFNO2. The summed E-state index contributed by atoms with van der Waals surface area (Å²) in [5.41, 5.74) is 12.4. The average Bonchev–Trinajstić information content (AvgIpc) is 3.33. The molecule has 1 aliphatic carbocycles. The first-order valence-corrected chi connectivity index (χ1v) is 8.67. The summed E-state index contributed by atoms with van der Waals surface area (Å²) in [7, 11) is 0. The van der Waals surface area contributed by atoms with E-state index in [1.165, 1.54) is 18.4 Å². The third kappa shape index (κ3) is 4.08. The summed E-state index contributed by atoms with van der Waals surface area (Å²) in [4.78, 5) is 10.9. The minimum absolute atomic E-state index is 0. The van der Waals surface area contributed by atoms with Crippen LogP contribution in [0.25, 0.3) is 11.1 Å². The summed E-state index contributed by atoms with van der Waals surface area (Å²) in [6.45, 7) is 5.84. The van der Waals surface area contributed by atoms with Crippen molar-refractivity contribution in [3.63, 3.8) is 0 Å². The molecule has 2 aromatic carbocycles. The first-order chi connectivity index (χ1) is 11.8. The lowest BCUT2D eigenvalue weighted by molar-refractivity contribution is -0.137. The lowest BCUT2D eigenvalue weighted by Crippen LogP contribution is -2.17. The number of benzene rings is 2. The Kier molecular flexibility index (Phi) is 6.09. The van der Waals surface area contributed by atoms with Crippen LogP contribution in [-0.2, 0) is 4.79 Å². The predicted molar refractivity (Wildman–Crippen MR) is 104 cm³/mol. The molecule has 1 fully saturated rings. The van der Waals surface area contributed by atoms with Crippen molar-refractivity contribution < 1.29 is 14.3 Å². The van der Waals surface area contributed by atoms with Gasteiger partial charge in [-0.3, -0.25) is 4.79 Å². The number of hydrogen-bond acceptors (Lipinski definition) is 2. The monoisotopic (exact) mass is 377 g/mol. The summed E-state index contributed by atoms with van der Waals surface area (Å²) in [5.74, 6) is -0.764. The fourth-order valence-electron chi connectivity index (χ4n) is 3.61. The van der Waals surface area contributed by atoms with Crippen LogP contribution >= 0.6 is 12.4 Å². The van der Waals surface area contributed by atoms with Gasteiger partial charge in [0.1, 0.15) is 5.82 Å². The Balaban J connectivity index is 0.00000243. The molecule has 3 N–H and O–H groups in total. The highest BCUT2D eigenvalue weighted by Crippen LogP contribution is 2.42. The molecule has 0 aliphatic heterocycles. The zero-order valence-electron chi connectivity index (χ0n) is 15.3. The maximum Gasteiger partial charge on any atom is 0.305 e. The van der Waals surface area contributed by atoms with Gasteiger partial charge in [-0.1, -0.05) is 12.1 Å². The Morgan fingerprint density at radius 3 is 2.23 bits per heavy atom. The quantitative estimate of drug-likeness (QED) is 0.753. The van der Waals surface area contributed by atoms with Gasteiger partial charge in [0, 0.05) is 11.6 Å². The van der Waals surface area contributed by atoms with Crippen LogP contribution in [0, 0.1) is 26.6 Å². The second kappa shape index (κ2) is 7.77. The molecule has 26 heavy (non-hydrogen) atoms. The molecule has 0 spiro atoms. The van der Waals surface area contributed by atoms with Crippen LogP contribution in [0.5, 0.6) is 0 Å². The molecule has 140 valence electrons. The Morgan fingerprint density at radius 1 is 1.15 bits per heavy atom. The third-order valence-corrected chi connectivity index (χ3v) is 4.97. The Hall–Kier alpha value is -1.91. The number of carboxylic acid groups (broad SMARTS) is 1. The van der Waals surface area contributed by atoms with Gasteiger partial charge in [0.2, 0.25) is 0 Å². The normalized spacial score (nSPS) is 14.7. The van der Waals surface area contributed by atoms with E-state index < -0.39 is 17.8 Å². The standard InChI is InChI=1S/C21H24FNO2.ClH/c1-11-6-15(14-4-5-14)7-12(2)20(11)16-8-13(3)21(22)17(9-16)18(23)10-19(24)25;/h6-9,14,18H,4-5,10,23H2,1-3H3,(H,24,25);1H. The SMILES string of the molecule is Cc1cc(-c2c(C)cc(C3CC3)cc2C)cc(C(N)CC(=O)O)c1F.Cl. The maximum absolute atomic E-state index is 14.5. The van der Waals surface area contributed by atoms with Gasteiger partial charge in [-0.25, -0.2) is 4.39 Å². The van der Waals surface area contributed by atoms with Gasteiger partial charge in [0.05, 0.1) is 6.42 Å². The topological polar surface area (TPSA) is 63.3 Å². The van der Waals surface area contributed by atoms with Crippen molar-refractivity contribution in [3.8, 4) is 11.1 Å². The zero-order valence-corrected chi connectivity index (χ0v) is 16.1. The first-order valence-electron chi connectivity index (χ1n) is 8.67. The van der Waals surface area contributed by atoms with Gasteiger partial charge in [-0.05, 0) is 85.0 Å². The van der Waals surface area contributed by atoms with E-state index in [1.807, 2.05) is 6.07 Å². The average molecular weight is 378 g/mol. The van der Waals surface area contributed by atoms with E-state index in [-0.39, 0.29) is 24.4 Å². The fraction of sp³-hybridized carbons (Fsp3) is 0.381. The molecule has 0 bridgehead atoms. The number of carbonyl (C=O) groups is 1. The van der Waals surface area contributed by atoms with Crippen molar-refractivity contribution in [3.05, 3.63) is 57.9 Å². The molecule has 1 atom stereocenters. The van der Waals surface area contributed by atoms with E-state index in [9.17, 15) is 9.18 Å². The number of aryl methyl sites for hydroxylation is 3. The highest BCUT2D eigenvalue weighted by atomic mass is 35.5. The van der Waals surface area contributed by atoms with Gasteiger partial charge in [0.25, 0.3) is 0 Å². The lowest BCUT2D eigenvalue weighted by Gasteiger charge is -2.18. The number of hydrogen-bond donors (Lipinski definition) is 2. The van der Waals surface area contributed by atoms with Gasteiger partial charge in [0.15, 0.2) is 0 Å². The Bertz CT molecular complexity index is 823. The predicted octanol–water partition coefficient (Wildman–Crippen LogP) is 5.19. The van der Waals surface area contributed by atoms with Crippen molar-refractivity contribution in [2.45, 2.75) is 52.0 Å². The molecular weight excluding hydrogens is 353 g/mol. The summed E-state index contributed by atoms with van der Waals surface area (Å²) in [6.07, 6.45) is 2.21. The summed E-state index contributed by atoms with van der Waals surface area (Å²) in [5, 5.41) is 8.97. The number of aliphatic carboxylic acids is 1. The van der Waals surface area contributed by atoms with Crippen LogP contribution in [-0.4, -0.2) is 11.1 Å². The van der Waals surface area contributed by atoms with E-state index in [2.05, 4.69) is 26.0 Å². The van der Waals surface area contributed by atoms with Crippen LogP contribution in [0.3, 0.4) is 0 Å². The molecule has 1 aliphatic rings. The van der Waals surface area contributed by atoms with Crippen LogP contribution in [0.4, 0.5) is 4.39 Å². The van der Waals surface area contributed by atoms with Crippen molar-refractivity contribution in [1.82, 2.24) is 0 Å². The zero-order chi connectivity index (χ0) is 18.3. The molecule has 1 saturated carbocycles. The van der Waals surface area contributed by atoms with Crippen molar-refractivity contribution >= 4 is 18.4 Å². The molecule has 0 aromatic heterocycles. The molecule has 1 unspecified atom stereocenters. The van der Waals surface area contributed by atoms with Gasteiger partial charge in [-0.2, -0.15) is 0 Å². The van der Waals surface area contributed by atoms with Crippen molar-refractivity contribution in [2.75, 3.05) is 0 Å². The molecule has 2 aromatic rings. The Labute approximate surface area is 159 Å². The number of carboxylic acids is 1. The number of halogens is 2. The van der Waals surface area contributed by atoms with Crippen molar-refractivity contribution in [2.24, 2.45) is 5.73 Å². The summed E-state index contributed by atoms with van der Waals surface area (Å²) >= 11 is 0. The number of nitrogens with two attached hydrogens (primary N) is 1. The fourth-order valence-corrected chi connectivity index (χ4v) is 3.61. The van der Waals surface area contributed by atoms with Gasteiger partial charge in [-0.15, -0.1) is 12.4 Å².